The Kier molecular flexibility index (Phi) is 6.11. The van der Waals surface area contributed by atoms with Gasteiger partial charge in [-0.25, -0.2) is 0 Å². The van der Waals surface area contributed by atoms with Crippen LogP contribution in [0.5, 0.6) is 0 Å². The summed E-state index contributed by atoms with van der Waals surface area (Å²) in [5.74, 6) is 0. The van der Waals surface area contributed by atoms with Gasteiger partial charge < -0.3 is 9.84 Å². The quantitative estimate of drug-likeness (QED) is 0.753. The lowest BCUT2D eigenvalue weighted by atomic mass is 9.76. The SMILES string of the molecule is COCCC[C@]1(CO)CCCN(C2CCCCC2)C1. The van der Waals surface area contributed by atoms with Crippen molar-refractivity contribution < 1.29 is 9.84 Å². The molecule has 0 radical (unpaired) electrons. The number of rotatable bonds is 6. The highest BCUT2D eigenvalue weighted by molar-refractivity contribution is 4.90. The van der Waals surface area contributed by atoms with Gasteiger partial charge >= 0.3 is 0 Å². The van der Waals surface area contributed by atoms with Crippen molar-refractivity contribution in [1.29, 1.82) is 0 Å². The number of aliphatic hydroxyl groups excluding tert-OH is 1. The molecule has 1 saturated carbocycles. The monoisotopic (exact) mass is 269 g/mol. The summed E-state index contributed by atoms with van der Waals surface area (Å²) in [7, 11) is 1.76. The molecule has 3 nitrogen and oxygen atoms in total. The molecule has 2 fully saturated rings. The topological polar surface area (TPSA) is 32.7 Å². The maximum absolute atomic E-state index is 9.89. The summed E-state index contributed by atoms with van der Waals surface area (Å²) in [6.07, 6.45) is 11.6. The molecule has 0 aromatic carbocycles. The first kappa shape index (κ1) is 15.3. The highest BCUT2D eigenvalue weighted by Crippen LogP contribution is 2.37. The molecule has 0 amide bonds. The average Bonchev–Trinajstić information content (AvgIpc) is 2.49. The van der Waals surface area contributed by atoms with Crippen molar-refractivity contribution in [2.24, 2.45) is 5.41 Å². The second-order valence-electron chi connectivity index (χ2n) is 6.62. The van der Waals surface area contributed by atoms with Gasteiger partial charge in [0.25, 0.3) is 0 Å². The van der Waals surface area contributed by atoms with E-state index in [4.69, 9.17) is 4.74 Å². The molecule has 0 aromatic rings. The van der Waals surface area contributed by atoms with Crippen LogP contribution in [0.25, 0.3) is 0 Å². The minimum atomic E-state index is 0.147. The molecule has 1 aliphatic carbocycles. The van der Waals surface area contributed by atoms with Crippen LogP contribution in [0.3, 0.4) is 0 Å². The first-order chi connectivity index (χ1) is 9.29. The fourth-order valence-electron chi connectivity index (χ4n) is 4.01. The van der Waals surface area contributed by atoms with Gasteiger partial charge in [0.1, 0.15) is 0 Å². The van der Waals surface area contributed by atoms with E-state index >= 15 is 0 Å². The van der Waals surface area contributed by atoms with Gasteiger partial charge in [-0.15, -0.1) is 0 Å². The Bertz CT molecular complexity index is 253. The summed E-state index contributed by atoms with van der Waals surface area (Å²) in [5, 5.41) is 9.89. The largest absolute Gasteiger partial charge is 0.396 e. The molecule has 1 N–H and O–H groups in total. The molecule has 3 heteroatoms. The van der Waals surface area contributed by atoms with Gasteiger partial charge in [-0.2, -0.15) is 0 Å². The predicted molar refractivity (Wildman–Crippen MR) is 78.3 cm³/mol. The molecule has 0 unspecified atom stereocenters. The molecular formula is C16H31NO2. The minimum Gasteiger partial charge on any atom is -0.396 e. The van der Waals surface area contributed by atoms with Gasteiger partial charge in [0.15, 0.2) is 0 Å². The molecule has 0 aromatic heterocycles. The van der Waals surface area contributed by atoms with Crippen molar-refractivity contribution in [2.45, 2.75) is 63.8 Å². The summed E-state index contributed by atoms with van der Waals surface area (Å²) < 4.78 is 5.17. The number of likely N-dealkylation sites (tertiary alicyclic amines) is 1. The second-order valence-corrected chi connectivity index (χ2v) is 6.62. The van der Waals surface area contributed by atoms with Crippen LogP contribution in [0, 0.1) is 5.41 Å². The van der Waals surface area contributed by atoms with Gasteiger partial charge in [-0.1, -0.05) is 19.3 Å². The van der Waals surface area contributed by atoms with E-state index in [0.29, 0.717) is 6.61 Å². The lowest BCUT2D eigenvalue weighted by molar-refractivity contribution is -0.00546. The molecular weight excluding hydrogens is 238 g/mol. The molecule has 0 spiro atoms. The zero-order valence-electron chi connectivity index (χ0n) is 12.6. The average molecular weight is 269 g/mol. The molecule has 0 bridgehead atoms. The van der Waals surface area contributed by atoms with E-state index in [-0.39, 0.29) is 5.41 Å². The van der Waals surface area contributed by atoms with Crippen LogP contribution in [0.1, 0.15) is 57.8 Å². The smallest absolute Gasteiger partial charge is 0.0499 e. The second kappa shape index (κ2) is 7.61. The maximum Gasteiger partial charge on any atom is 0.0499 e. The number of methoxy groups -OCH3 is 1. The van der Waals surface area contributed by atoms with Crippen LogP contribution in [0.4, 0.5) is 0 Å². The molecule has 2 rings (SSSR count). The van der Waals surface area contributed by atoms with Crippen LogP contribution < -0.4 is 0 Å². The Hall–Kier alpha value is -0.120. The van der Waals surface area contributed by atoms with Crippen molar-refractivity contribution >= 4 is 0 Å². The normalized spacial score (nSPS) is 30.6. The Labute approximate surface area is 118 Å². The Morgan fingerprint density at radius 1 is 1.21 bits per heavy atom. The van der Waals surface area contributed by atoms with Crippen LogP contribution in [0.15, 0.2) is 0 Å². The highest BCUT2D eigenvalue weighted by Gasteiger charge is 2.36. The minimum absolute atomic E-state index is 0.147. The number of hydrogen-bond donors (Lipinski definition) is 1. The molecule has 1 heterocycles. The number of piperidine rings is 1. The summed E-state index contributed by atoms with van der Waals surface area (Å²) in [6, 6.07) is 0.794. The lowest BCUT2D eigenvalue weighted by Gasteiger charge is -2.46. The number of nitrogens with zero attached hydrogens (tertiary/aromatic N) is 1. The standard InChI is InChI=1S/C16H31NO2/c1-19-12-6-10-16(14-18)9-5-11-17(13-16)15-7-3-2-4-8-15/h15,18H,2-14H2,1H3/t16-/m1/s1. The molecule has 2 aliphatic rings. The third-order valence-corrected chi connectivity index (χ3v) is 5.17. The number of ether oxygens (including phenoxy) is 1. The molecule has 1 aliphatic heterocycles. The van der Waals surface area contributed by atoms with E-state index in [9.17, 15) is 5.11 Å². The van der Waals surface area contributed by atoms with E-state index in [1.54, 1.807) is 7.11 Å². The van der Waals surface area contributed by atoms with E-state index in [1.807, 2.05) is 0 Å². The van der Waals surface area contributed by atoms with E-state index in [0.717, 1.165) is 32.0 Å². The maximum atomic E-state index is 9.89. The van der Waals surface area contributed by atoms with Gasteiger partial charge in [-0.3, -0.25) is 4.90 Å². The lowest BCUT2D eigenvalue weighted by Crippen LogP contribution is -2.50. The van der Waals surface area contributed by atoms with Crippen LogP contribution in [-0.4, -0.2) is 49.5 Å². The van der Waals surface area contributed by atoms with Gasteiger partial charge in [0.2, 0.25) is 0 Å². The van der Waals surface area contributed by atoms with Crippen molar-refractivity contribution in [3.63, 3.8) is 0 Å². The predicted octanol–water partition coefficient (Wildman–Crippen LogP) is 2.82. The highest BCUT2D eigenvalue weighted by atomic mass is 16.5. The van der Waals surface area contributed by atoms with Crippen LogP contribution >= 0.6 is 0 Å². The summed E-state index contributed by atoms with van der Waals surface area (Å²) >= 11 is 0. The van der Waals surface area contributed by atoms with Crippen LogP contribution in [0.2, 0.25) is 0 Å². The fourth-order valence-corrected chi connectivity index (χ4v) is 4.01. The van der Waals surface area contributed by atoms with Crippen molar-refractivity contribution in [1.82, 2.24) is 4.90 Å². The first-order valence-corrected chi connectivity index (χ1v) is 8.13. The summed E-state index contributed by atoms with van der Waals surface area (Å²) in [6.45, 7) is 3.53. The van der Waals surface area contributed by atoms with E-state index in [1.165, 1.54) is 51.5 Å². The molecule has 1 atom stereocenters. The Morgan fingerprint density at radius 2 is 2.00 bits per heavy atom. The Balaban J connectivity index is 1.89. The fraction of sp³-hybridized carbons (Fsp3) is 1.00. The molecule has 19 heavy (non-hydrogen) atoms. The van der Waals surface area contributed by atoms with Crippen molar-refractivity contribution in [3.8, 4) is 0 Å². The van der Waals surface area contributed by atoms with E-state index < -0.39 is 0 Å². The van der Waals surface area contributed by atoms with Crippen molar-refractivity contribution in [2.75, 3.05) is 33.4 Å². The van der Waals surface area contributed by atoms with Gasteiger partial charge in [-0.05, 0) is 45.1 Å². The van der Waals surface area contributed by atoms with E-state index in [2.05, 4.69) is 4.90 Å². The molecule has 112 valence electrons. The van der Waals surface area contributed by atoms with Gasteiger partial charge in [0.05, 0.1) is 0 Å². The van der Waals surface area contributed by atoms with Gasteiger partial charge in [0, 0.05) is 38.3 Å². The molecule has 1 saturated heterocycles. The zero-order valence-corrected chi connectivity index (χ0v) is 12.6. The summed E-state index contributed by atoms with van der Waals surface area (Å²) in [5.41, 5.74) is 0.147. The summed E-state index contributed by atoms with van der Waals surface area (Å²) in [4.78, 5) is 2.69. The van der Waals surface area contributed by atoms with Crippen molar-refractivity contribution in [3.05, 3.63) is 0 Å². The third kappa shape index (κ3) is 4.17. The zero-order chi connectivity index (χ0) is 13.6. The Morgan fingerprint density at radius 3 is 2.68 bits per heavy atom. The van der Waals surface area contributed by atoms with Crippen LogP contribution in [-0.2, 0) is 4.74 Å². The first-order valence-electron chi connectivity index (χ1n) is 8.13. The number of aliphatic hydroxyl groups is 1. The third-order valence-electron chi connectivity index (χ3n) is 5.17. The number of hydrogen-bond acceptors (Lipinski definition) is 3.